The Morgan fingerprint density at radius 1 is 1.08 bits per heavy atom. The van der Waals surface area contributed by atoms with Gasteiger partial charge in [-0.05, 0) is 30.3 Å². The van der Waals surface area contributed by atoms with E-state index < -0.39 is 11.9 Å². The van der Waals surface area contributed by atoms with E-state index in [1.807, 2.05) is 26.0 Å². The van der Waals surface area contributed by atoms with Crippen LogP contribution in [0.4, 0.5) is 18.9 Å². The lowest BCUT2D eigenvalue weighted by atomic mass is 10.1. The highest BCUT2D eigenvalue weighted by atomic mass is 19.4. The molecular weight excluding hydrogens is 331 g/mol. The van der Waals surface area contributed by atoms with Crippen molar-refractivity contribution in [2.75, 3.05) is 0 Å². The van der Waals surface area contributed by atoms with Gasteiger partial charge in [-0.3, -0.25) is 4.57 Å². The number of fused-ring (bicyclic) bond motifs is 2. The fraction of sp³-hybridized carbons (Fsp3) is 0.294. The lowest BCUT2D eigenvalue weighted by Gasteiger charge is -2.12. The second kappa shape index (κ2) is 5.37. The smallest absolute Gasteiger partial charge is 0.280 e. The van der Waals surface area contributed by atoms with Gasteiger partial charge in [0.1, 0.15) is 17.0 Å². The van der Waals surface area contributed by atoms with E-state index in [1.165, 1.54) is 6.07 Å². The summed E-state index contributed by atoms with van der Waals surface area (Å²) in [6.07, 6.45) is -4.50. The van der Waals surface area contributed by atoms with Crippen molar-refractivity contribution in [3.63, 3.8) is 0 Å². The molecule has 5 nitrogen and oxygen atoms in total. The number of alkyl halides is 3. The minimum atomic E-state index is -4.50. The van der Waals surface area contributed by atoms with Gasteiger partial charge in [-0.25, -0.2) is 9.97 Å². The molecule has 25 heavy (non-hydrogen) atoms. The largest absolute Gasteiger partial charge is 0.433 e. The van der Waals surface area contributed by atoms with Crippen LogP contribution in [0.25, 0.3) is 16.9 Å². The van der Waals surface area contributed by atoms with Gasteiger partial charge in [0.2, 0.25) is 0 Å². The van der Waals surface area contributed by atoms with Crippen LogP contribution in [-0.4, -0.2) is 14.5 Å². The van der Waals surface area contributed by atoms with Gasteiger partial charge in [0.25, 0.3) is 0 Å². The minimum Gasteiger partial charge on any atom is -0.280 e. The summed E-state index contributed by atoms with van der Waals surface area (Å²) < 4.78 is 40.9. The second-order valence-corrected chi connectivity index (χ2v) is 6.21. The molecule has 0 atom stereocenters. The standard InChI is InChI=1S/C17H14F3N5/c1-9(2)15-22-13-5-6-14(17(18,19)20)23-16(13)25(15)11-3-4-12-10(7-11)8-21-24-12/h3-7,9H,8H2,1-2H3. The summed E-state index contributed by atoms with van der Waals surface area (Å²) >= 11 is 0. The van der Waals surface area contributed by atoms with Crippen LogP contribution >= 0.6 is 0 Å². The summed E-state index contributed by atoms with van der Waals surface area (Å²) in [4.78, 5) is 8.34. The van der Waals surface area contributed by atoms with Gasteiger partial charge < -0.3 is 0 Å². The topological polar surface area (TPSA) is 55.4 Å². The molecular formula is C17H14F3N5. The van der Waals surface area contributed by atoms with Crippen molar-refractivity contribution < 1.29 is 13.2 Å². The third-order valence-electron chi connectivity index (χ3n) is 4.08. The molecule has 8 heteroatoms. The molecule has 0 N–H and O–H groups in total. The molecule has 4 rings (SSSR count). The predicted molar refractivity (Wildman–Crippen MR) is 86.2 cm³/mol. The normalized spacial score (nSPS) is 13.8. The maximum atomic E-state index is 13.1. The van der Waals surface area contributed by atoms with Gasteiger partial charge in [0.15, 0.2) is 5.65 Å². The van der Waals surface area contributed by atoms with Crippen LogP contribution in [0.3, 0.4) is 0 Å². The Labute approximate surface area is 141 Å². The van der Waals surface area contributed by atoms with Crippen LogP contribution < -0.4 is 0 Å². The number of benzene rings is 1. The minimum absolute atomic E-state index is 0.0196. The molecule has 0 fully saturated rings. The average Bonchev–Trinajstić information content (AvgIpc) is 3.16. The zero-order valence-corrected chi connectivity index (χ0v) is 13.5. The lowest BCUT2D eigenvalue weighted by molar-refractivity contribution is -0.141. The second-order valence-electron chi connectivity index (χ2n) is 6.21. The van der Waals surface area contributed by atoms with E-state index in [0.29, 0.717) is 23.6 Å². The van der Waals surface area contributed by atoms with Gasteiger partial charge >= 0.3 is 6.18 Å². The van der Waals surface area contributed by atoms with Gasteiger partial charge in [-0.2, -0.15) is 23.4 Å². The van der Waals surface area contributed by atoms with E-state index >= 15 is 0 Å². The number of hydrogen-bond acceptors (Lipinski definition) is 4. The van der Waals surface area contributed by atoms with Crippen LogP contribution in [0, 0.1) is 0 Å². The summed E-state index contributed by atoms with van der Waals surface area (Å²) in [6.45, 7) is 4.36. The van der Waals surface area contributed by atoms with E-state index in [4.69, 9.17) is 0 Å². The Balaban J connectivity index is 1.98. The molecule has 0 spiro atoms. The molecule has 1 aromatic carbocycles. The highest BCUT2D eigenvalue weighted by Crippen LogP contribution is 2.33. The van der Waals surface area contributed by atoms with Gasteiger partial charge in [0.05, 0.1) is 12.2 Å². The number of azo groups is 1. The number of pyridine rings is 1. The molecule has 128 valence electrons. The molecule has 0 saturated carbocycles. The number of hydrogen-bond donors (Lipinski definition) is 0. The van der Waals surface area contributed by atoms with E-state index in [0.717, 1.165) is 17.3 Å². The van der Waals surface area contributed by atoms with Gasteiger partial charge in [0, 0.05) is 17.2 Å². The third-order valence-corrected chi connectivity index (χ3v) is 4.08. The average molecular weight is 345 g/mol. The fourth-order valence-corrected chi connectivity index (χ4v) is 2.90. The number of nitrogens with zero attached hydrogens (tertiary/aromatic N) is 5. The first-order chi connectivity index (χ1) is 11.8. The first-order valence-electron chi connectivity index (χ1n) is 7.82. The Morgan fingerprint density at radius 2 is 1.88 bits per heavy atom. The van der Waals surface area contributed by atoms with Crippen molar-refractivity contribution in [2.45, 2.75) is 32.5 Å². The summed E-state index contributed by atoms with van der Waals surface area (Å²) in [5.41, 5.74) is 2.13. The highest BCUT2D eigenvalue weighted by Gasteiger charge is 2.33. The van der Waals surface area contributed by atoms with Crippen molar-refractivity contribution >= 4 is 16.9 Å². The first kappa shape index (κ1) is 15.7. The van der Waals surface area contributed by atoms with Crippen molar-refractivity contribution in [1.29, 1.82) is 0 Å². The van der Waals surface area contributed by atoms with E-state index in [2.05, 4.69) is 20.2 Å². The fourth-order valence-electron chi connectivity index (χ4n) is 2.90. The Bertz CT molecular complexity index is 1000. The van der Waals surface area contributed by atoms with Crippen LogP contribution in [0.5, 0.6) is 0 Å². The third kappa shape index (κ3) is 2.57. The molecule has 3 heterocycles. The Kier molecular flexibility index (Phi) is 3.38. The van der Waals surface area contributed by atoms with Crippen LogP contribution in [0.1, 0.15) is 36.8 Å². The summed E-state index contributed by atoms with van der Waals surface area (Å²) in [7, 11) is 0. The van der Waals surface area contributed by atoms with Crippen molar-refractivity contribution in [3.8, 4) is 5.69 Å². The molecule has 0 bridgehead atoms. The van der Waals surface area contributed by atoms with Crippen LogP contribution in [0.2, 0.25) is 0 Å². The van der Waals surface area contributed by atoms with Crippen molar-refractivity contribution in [1.82, 2.24) is 14.5 Å². The number of rotatable bonds is 2. The zero-order chi connectivity index (χ0) is 17.8. The number of imidazole rings is 1. The molecule has 2 aromatic heterocycles. The van der Waals surface area contributed by atoms with E-state index in [-0.39, 0.29) is 11.6 Å². The lowest BCUT2D eigenvalue weighted by Crippen LogP contribution is -2.09. The first-order valence-corrected chi connectivity index (χ1v) is 7.82. The molecule has 3 aromatic rings. The SMILES string of the molecule is CC(C)c1nc2ccc(C(F)(F)F)nc2n1-c1ccc2c(c1)CN=N2. The number of aromatic nitrogens is 3. The summed E-state index contributed by atoms with van der Waals surface area (Å²) in [5, 5.41) is 8.00. The van der Waals surface area contributed by atoms with E-state index in [9.17, 15) is 13.2 Å². The van der Waals surface area contributed by atoms with Gasteiger partial charge in [-0.15, -0.1) is 0 Å². The highest BCUT2D eigenvalue weighted by molar-refractivity contribution is 5.75. The monoisotopic (exact) mass is 345 g/mol. The molecule has 1 aliphatic heterocycles. The molecule has 1 aliphatic rings. The Morgan fingerprint density at radius 3 is 2.60 bits per heavy atom. The molecule has 0 amide bonds. The quantitative estimate of drug-likeness (QED) is 0.644. The van der Waals surface area contributed by atoms with Gasteiger partial charge in [-0.1, -0.05) is 13.8 Å². The molecule has 0 aliphatic carbocycles. The summed E-state index contributed by atoms with van der Waals surface area (Å²) in [5.74, 6) is 0.680. The molecule has 0 radical (unpaired) electrons. The Hall–Kier alpha value is -2.77. The number of halogens is 3. The maximum absolute atomic E-state index is 13.1. The summed E-state index contributed by atoms with van der Waals surface area (Å²) in [6, 6.07) is 7.82. The van der Waals surface area contributed by atoms with Crippen LogP contribution in [-0.2, 0) is 12.7 Å². The zero-order valence-electron chi connectivity index (χ0n) is 13.5. The molecule has 0 saturated heterocycles. The maximum Gasteiger partial charge on any atom is 0.433 e. The van der Waals surface area contributed by atoms with E-state index in [1.54, 1.807) is 10.6 Å². The van der Waals surface area contributed by atoms with Crippen molar-refractivity contribution in [3.05, 3.63) is 47.4 Å². The van der Waals surface area contributed by atoms with Crippen LogP contribution in [0.15, 0.2) is 40.6 Å². The predicted octanol–water partition coefficient (Wildman–Crippen LogP) is 5.16. The van der Waals surface area contributed by atoms with Crippen molar-refractivity contribution in [2.24, 2.45) is 10.2 Å². The molecule has 0 unspecified atom stereocenters.